The van der Waals surface area contributed by atoms with Crippen LogP contribution in [0.2, 0.25) is 0 Å². The molecule has 0 amide bonds. The quantitative estimate of drug-likeness (QED) is 0.529. The average Bonchev–Trinajstić information content (AvgIpc) is 2.65. The van der Waals surface area contributed by atoms with E-state index < -0.39 is 11.6 Å². The molecular weight excluding hydrogens is 318 g/mol. The van der Waals surface area contributed by atoms with Crippen molar-refractivity contribution in [3.63, 3.8) is 0 Å². The number of unbranched alkanes of at least 4 members (excludes halogenated alkanes) is 2. The van der Waals surface area contributed by atoms with Crippen molar-refractivity contribution in [1.29, 1.82) is 0 Å². The molecule has 0 fully saturated rings. The molecule has 4 heteroatoms. The number of aromatic nitrogens is 2. The van der Waals surface area contributed by atoms with E-state index in [1.165, 1.54) is 18.9 Å². The van der Waals surface area contributed by atoms with Gasteiger partial charge in [0.2, 0.25) is 0 Å². The van der Waals surface area contributed by atoms with Gasteiger partial charge in [-0.25, -0.2) is 18.7 Å². The van der Waals surface area contributed by atoms with Crippen molar-refractivity contribution in [3.05, 3.63) is 72.1 Å². The lowest BCUT2D eigenvalue weighted by Crippen LogP contribution is -1.93. The number of rotatable bonds is 6. The maximum Gasteiger partial charge on any atom is 0.159 e. The fourth-order valence-electron chi connectivity index (χ4n) is 2.70. The summed E-state index contributed by atoms with van der Waals surface area (Å²) in [6.07, 6.45) is 8.32. The van der Waals surface area contributed by atoms with Crippen LogP contribution in [0.25, 0.3) is 22.5 Å². The van der Waals surface area contributed by atoms with Crippen LogP contribution in [0.3, 0.4) is 0 Å². The molecule has 0 saturated carbocycles. The SMILES string of the molecule is CCCCCc1cnc(-c2ccc(-c3ccc(F)c(F)c3)cc2)nc1. The first-order valence-corrected chi connectivity index (χ1v) is 8.54. The van der Waals surface area contributed by atoms with Crippen molar-refractivity contribution >= 4 is 0 Å². The van der Waals surface area contributed by atoms with Crippen LogP contribution in [0.15, 0.2) is 54.9 Å². The molecule has 0 bridgehead atoms. The Bertz CT molecular complexity index is 828. The van der Waals surface area contributed by atoms with E-state index in [-0.39, 0.29) is 0 Å². The predicted molar refractivity (Wildman–Crippen MR) is 96.0 cm³/mol. The lowest BCUT2D eigenvalue weighted by molar-refractivity contribution is 0.509. The van der Waals surface area contributed by atoms with Gasteiger partial charge in [0.15, 0.2) is 17.5 Å². The molecule has 2 aromatic carbocycles. The molecule has 128 valence electrons. The topological polar surface area (TPSA) is 25.8 Å². The Kier molecular flexibility index (Phi) is 5.49. The Labute approximate surface area is 146 Å². The summed E-state index contributed by atoms with van der Waals surface area (Å²) in [5.74, 6) is -1.02. The number of benzene rings is 2. The van der Waals surface area contributed by atoms with Crippen LogP contribution in [-0.2, 0) is 6.42 Å². The van der Waals surface area contributed by atoms with Crippen LogP contribution in [0.4, 0.5) is 8.78 Å². The van der Waals surface area contributed by atoms with Gasteiger partial charge in [0.25, 0.3) is 0 Å². The highest BCUT2D eigenvalue weighted by molar-refractivity contribution is 5.67. The van der Waals surface area contributed by atoms with Crippen molar-refractivity contribution in [2.24, 2.45) is 0 Å². The summed E-state index contributed by atoms with van der Waals surface area (Å²) < 4.78 is 26.4. The zero-order chi connectivity index (χ0) is 17.6. The van der Waals surface area contributed by atoms with Crippen molar-refractivity contribution in [2.75, 3.05) is 0 Å². The van der Waals surface area contributed by atoms with Gasteiger partial charge in [-0.1, -0.05) is 50.1 Å². The second-order valence-electron chi connectivity index (χ2n) is 6.08. The second-order valence-corrected chi connectivity index (χ2v) is 6.08. The van der Waals surface area contributed by atoms with Gasteiger partial charge in [0.1, 0.15) is 0 Å². The highest BCUT2D eigenvalue weighted by atomic mass is 19.2. The normalized spacial score (nSPS) is 10.8. The van der Waals surface area contributed by atoms with E-state index >= 15 is 0 Å². The molecule has 3 rings (SSSR count). The molecule has 0 N–H and O–H groups in total. The number of nitrogens with zero attached hydrogens (tertiary/aromatic N) is 2. The van der Waals surface area contributed by atoms with Gasteiger partial charge >= 0.3 is 0 Å². The van der Waals surface area contributed by atoms with Crippen molar-refractivity contribution < 1.29 is 8.78 Å². The van der Waals surface area contributed by atoms with Crippen LogP contribution in [-0.4, -0.2) is 9.97 Å². The Morgan fingerprint density at radius 2 is 1.40 bits per heavy atom. The molecule has 3 aromatic rings. The standard InChI is InChI=1S/C21H20F2N2/c1-2-3-4-5-15-13-24-21(25-14-15)17-8-6-16(7-9-17)18-10-11-19(22)20(23)12-18/h6-14H,2-5H2,1H3. The number of hydrogen-bond donors (Lipinski definition) is 0. The number of aryl methyl sites for hydroxylation is 1. The minimum Gasteiger partial charge on any atom is -0.236 e. The summed E-state index contributed by atoms with van der Waals surface area (Å²) in [5.41, 5.74) is 3.50. The molecule has 0 radical (unpaired) electrons. The molecule has 0 saturated heterocycles. The van der Waals surface area contributed by atoms with E-state index in [9.17, 15) is 8.78 Å². The van der Waals surface area contributed by atoms with Gasteiger partial charge in [0.05, 0.1) is 0 Å². The van der Waals surface area contributed by atoms with Crippen LogP contribution in [0.1, 0.15) is 31.7 Å². The second kappa shape index (κ2) is 7.97. The Morgan fingerprint density at radius 1 is 0.760 bits per heavy atom. The molecule has 2 nitrogen and oxygen atoms in total. The maximum absolute atomic E-state index is 13.4. The molecule has 0 unspecified atom stereocenters. The highest BCUT2D eigenvalue weighted by Gasteiger charge is 2.06. The lowest BCUT2D eigenvalue weighted by Gasteiger charge is -2.05. The third kappa shape index (κ3) is 4.27. The summed E-state index contributed by atoms with van der Waals surface area (Å²) >= 11 is 0. The van der Waals surface area contributed by atoms with Crippen LogP contribution in [0.5, 0.6) is 0 Å². The van der Waals surface area contributed by atoms with E-state index in [4.69, 9.17) is 0 Å². The van der Waals surface area contributed by atoms with Crippen LogP contribution in [0, 0.1) is 11.6 Å². The molecule has 0 aliphatic rings. The number of hydrogen-bond acceptors (Lipinski definition) is 2. The monoisotopic (exact) mass is 338 g/mol. The van der Waals surface area contributed by atoms with E-state index in [0.717, 1.165) is 35.6 Å². The third-order valence-electron chi connectivity index (χ3n) is 4.17. The Hall–Kier alpha value is -2.62. The van der Waals surface area contributed by atoms with Crippen molar-refractivity contribution in [1.82, 2.24) is 9.97 Å². The average molecular weight is 338 g/mol. The molecule has 1 aromatic heterocycles. The predicted octanol–water partition coefficient (Wildman–Crippen LogP) is 5.82. The molecule has 0 aliphatic heterocycles. The molecular formula is C21H20F2N2. The van der Waals surface area contributed by atoms with Gasteiger partial charge < -0.3 is 0 Å². The number of halogens is 2. The first-order valence-electron chi connectivity index (χ1n) is 8.54. The zero-order valence-electron chi connectivity index (χ0n) is 14.2. The van der Waals surface area contributed by atoms with E-state index in [2.05, 4.69) is 16.9 Å². The van der Waals surface area contributed by atoms with E-state index in [0.29, 0.717) is 11.4 Å². The van der Waals surface area contributed by atoms with Gasteiger partial charge in [-0.05, 0) is 41.7 Å². The van der Waals surface area contributed by atoms with Crippen LogP contribution < -0.4 is 0 Å². The maximum atomic E-state index is 13.4. The van der Waals surface area contributed by atoms with E-state index in [1.807, 2.05) is 36.7 Å². The Morgan fingerprint density at radius 3 is 2.04 bits per heavy atom. The van der Waals surface area contributed by atoms with Gasteiger partial charge in [-0.2, -0.15) is 0 Å². The van der Waals surface area contributed by atoms with Gasteiger partial charge in [-0.15, -0.1) is 0 Å². The fraction of sp³-hybridized carbons (Fsp3) is 0.238. The summed E-state index contributed by atoms with van der Waals surface area (Å²) in [6, 6.07) is 11.4. The first kappa shape index (κ1) is 17.2. The zero-order valence-corrected chi connectivity index (χ0v) is 14.2. The summed E-state index contributed by atoms with van der Waals surface area (Å²) in [7, 11) is 0. The summed E-state index contributed by atoms with van der Waals surface area (Å²) in [6.45, 7) is 2.18. The van der Waals surface area contributed by atoms with E-state index in [1.54, 1.807) is 6.07 Å². The molecule has 25 heavy (non-hydrogen) atoms. The lowest BCUT2D eigenvalue weighted by atomic mass is 10.0. The highest BCUT2D eigenvalue weighted by Crippen LogP contribution is 2.24. The molecule has 0 spiro atoms. The summed E-state index contributed by atoms with van der Waals surface area (Å²) in [4.78, 5) is 8.87. The van der Waals surface area contributed by atoms with Gasteiger partial charge in [0, 0.05) is 18.0 Å². The van der Waals surface area contributed by atoms with Crippen molar-refractivity contribution in [2.45, 2.75) is 32.6 Å². The summed E-state index contributed by atoms with van der Waals surface area (Å²) in [5, 5.41) is 0. The molecule has 0 atom stereocenters. The third-order valence-corrected chi connectivity index (χ3v) is 4.17. The Balaban J connectivity index is 1.74. The molecule has 0 aliphatic carbocycles. The molecule has 1 heterocycles. The van der Waals surface area contributed by atoms with Gasteiger partial charge in [-0.3, -0.25) is 0 Å². The fourth-order valence-corrected chi connectivity index (χ4v) is 2.70. The minimum atomic E-state index is -0.844. The van der Waals surface area contributed by atoms with Crippen LogP contribution >= 0.6 is 0 Å². The van der Waals surface area contributed by atoms with Crippen molar-refractivity contribution in [3.8, 4) is 22.5 Å². The largest absolute Gasteiger partial charge is 0.236 e. The smallest absolute Gasteiger partial charge is 0.159 e. The minimum absolute atomic E-state index is 0.637. The first-order chi connectivity index (χ1) is 12.2.